The quantitative estimate of drug-likeness (QED) is 0.572. The van der Waals surface area contributed by atoms with Gasteiger partial charge in [-0.05, 0) is 35.6 Å². The van der Waals surface area contributed by atoms with Gasteiger partial charge in [-0.25, -0.2) is 0 Å². The lowest BCUT2D eigenvalue weighted by Crippen LogP contribution is -2.14. The van der Waals surface area contributed by atoms with Crippen molar-refractivity contribution in [2.75, 3.05) is 11.1 Å². The topological polar surface area (TPSA) is 68.0 Å². The van der Waals surface area contributed by atoms with E-state index in [0.717, 1.165) is 12.1 Å². The molecule has 1 atom stereocenters. The number of benzene rings is 2. The molecule has 1 aromatic heterocycles. The lowest BCUT2D eigenvalue weighted by molar-refractivity contribution is -0.113. The second kappa shape index (κ2) is 9.37. The van der Waals surface area contributed by atoms with Crippen molar-refractivity contribution in [1.29, 1.82) is 0 Å². The van der Waals surface area contributed by atoms with Crippen LogP contribution in [0.1, 0.15) is 36.8 Å². The summed E-state index contributed by atoms with van der Waals surface area (Å²) in [5.41, 5.74) is 3.23. The number of nitrogens with one attached hydrogen (secondary N) is 1. The van der Waals surface area contributed by atoms with Crippen LogP contribution in [0.5, 0.6) is 0 Å². The SMILES string of the molecule is CCc1cccc(NC(=O)CSc2nnc(CC(C)c3ccccc3)o2)c1. The lowest BCUT2D eigenvalue weighted by Gasteiger charge is -2.08. The summed E-state index contributed by atoms with van der Waals surface area (Å²) in [5.74, 6) is 1.01. The molecule has 27 heavy (non-hydrogen) atoms. The predicted molar refractivity (Wildman–Crippen MR) is 108 cm³/mol. The van der Waals surface area contributed by atoms with Crippen molar-refractivity contribution in [1.82, 2.24) is 10.2 Å². The number of nitrogens with zero attached hydrogens (tertiary/aromatic N) is 2. The molecule has 1 amide bonds. The van der Waals surface area contributed by atoms with Gasteiger partial charge in [-0.2, -0.15) is 0 Å². The lowest BCUT2D eigenvalue weighted by atomic mass is 9.98. The van der Waals surface area contributed by atoms with Gasteiger partial charge in [0.15, 0.2) is 0 Å². The smallest absolute Gasteiger partial charge is 0.277 e. The highest BCUT2D eigenvalue weighted by atomic mass is 32.2. The maximum absolute atomic E-state index is 12.1. The maximum Gasteiger partial charge on any atom is 0.277 e. The van der Waals surface area contributed by atoms with Crippen molar-refractivity contribution in [2.45, 2.75) is 37.8 Å². The molecule has 0 fully saturated rings. The molecular weight excluding hydrogens is 358 g/mol. The Morgan fingerprint density at radius 3 is 2.74 bits per heavy atom. The number of aryl methyl sites for hydroxylation is 1. The largest absolute Gasteiger partial charge is 0.416 e. The van der Waals surface area contributed by atoms with E-state index in [2.05, 4.69) is 41.5 Å². The fourth-order valence-corrected chi connectivity index (χ4v) is 3.31. The molecule has 0 aliphatic rings. The number of thioether (sulfide) groups is 1. The summed E-state index contributed by atoms with van der Waals surface area (Å²) in [6, 6.07) is 18.1. The molecule has 0 aliphatic heterocycles. The number of hydrogen-bond donors (Lipinski definition) is 1. The van der Waals surface area contributed by atoms with Crippen LogP contribution in [0.15, 0.2) is 64.2 Å². The molecule has 6 heteroatoms. The average Bonchev–Trinajstić information content (AvgIpc) is 3.14. The van der Waals surface area contributed by atoms with Crippen LogP contribution in [-0.4, -0.2) is 21.9 Å². The molecule has 3 rings (SSSR count). The van der Waals surface area contributed by atoms with E-state index in [1.165, 1.54) is 22.9 Å². The summed E-state index contributed by atoms with van der Waals surface area (Å²) in [7, 11) is 0. The first-order valence-corrected chi connectivity index (χ1v) is 10.0. The summed E-state index contributed by atoms with van der Waals surface area (Å²) >= 11 is 1.25. The van der Waals surface area contributed by atoms with Crippen molar-refractivity contribution in [3.63, 3.8) is 0 Å². The summed E-state index contributed by atoms with van der Waals surface area (Å²) in [5, 5.41) is 11.4. The van der Waals surface area contributed by atoms with Gasteiger partial charge < -0.3 is 9.73 Å². The molecule has 0 aliphatic carbocycles. The molecule has 1 unspecified atom stereocenters. The monoisotopic (exact) mass is 381 g/mol. The highest BCUT2D eigenvalue weighted by Gasteiger charge is 2.14. The standard InChI is InChI=1S/C21H23N3O2S/c1-3-16-8-7-11-18(13-16)22-19(25)14-27-21-24-23-20(26-21)12-15(2)17-9-5-4-6-10-17/h4-11,13,15H,3,12,14H2,1-2H3,(H,22,25). The summed E-state index contributed by atoms with van der Waals surface area (Å²) in [6.45, 7) is 4.22. The average molecular weight is 382 g/mol. The van der Waals surface area contributed by atoms with Crippen molar-refractivity contribution >= 4 is 23.4 Å². The zero-order chi connectivity index (χ0) is 19.1. The number of carbonyl (C=O) groups excluding carboxylic acids is 1. The van der Waals surface area contributed by atoms with Crippen LogP contribution >= 0.6 is 11.8 Å². The molecule has 1 heterocycles. The minimum atomic E-state index is -0.0920. The molecule has 0 radical (unpaired) electrons. The van der Waals surface area contributed by atoms with Crippen molar-refractivity contribution in [3.05, 3.63) is 71.6 Å². The number of aromatic nitrogens is 2. The molecule has 0 spiro atoms. The fraction of sp³-hybridized carbons (Fsp3) is 0.286. The Morgan fingerprint density at radius 1 is 1.15 bits per heavy atom. The zero-order valence-corrected chi connectivity index (χ0v) is 16.3. The van der Waals surface area contributed by atoms with Gasteiger partial charge in [0.1, 0.15) is 0 Å². The second-order valence-electron chi connectivity index (χ2n) is 6.37. The van der Waals surface area contributed by atoms with Gasteiger partial charge in [0, 0.05) is 12.1 Å². The minimum absolute atomic E-state index is 0.0920. The molecule has 2 aromatic carbocycles. The highest BCUT2D eigenvalue weighted by Crippen LogP contribution is 2.22. The van der Waals surface area contributed by atoms with E-state index < -0.39 is 0 Å². The van der Waals surface area contributed by atoms with Gasteiger partial charge in [-0.1, -0.05) is 68.1 Å². The van der Waals surface area contributed by atoms with E-state index in [-0.39, 0.29) is 11.7 Å². The van der Waals surface area contributed by atoms with Crippen LogP contribution in [-0.2, 0) is 17.6 Å². The van der Waals surface area contributed by atoms with Gasteiger partial charge in [0.05, 0.1) is 5.75 Å². The van der Waals surface area contributed by atoms with Crippen LogP contribution in [0.2, 0.25) is 0 Å². The number of rotatable bonds is 8. The highest BCUT2D eigenvalue weighted by molar-refractivity contribution is 7.99. The molecule has 5 nitrogen and oxygen atoms in total. The summed E-state index contributed by atoms with van der Waals surface area (Å²) in [6.07, 6.45) is 1.61. The van der Waals surface area contributed by atoms with E-state index in [0.29, 0.717) is 23.5 Å². The Kier molecular flexibility index (Phi) is 6.65. The first-order valence-electron chi connectivity index (χ1n) is 9.03. The van der Waals surface area contributed by atoms with E-state index in [1.54, 1.807) is 0 Å². The molecule has 0 bridgehead atoms. The Labute approximate surface area is 163 Å². The third-order valence-corrected chi connectivity index (χ3v) is 5.06. The van der Waals surface area contributed by atoms with Crippen molar-refractivity contribution in [2.24, 2.45) is 0 Å². The first kappa shape index (κ1) is 19.2. The van der Waals surface area contributed by atoms with Crippen LogP contribution < -0.4 is 5.32 Å². The molecule has 0 saturated carbocycles. The number of hydrogen-bond acceptors (Lipinski definition) is 5. The van der Waals surface area contributed by atoms with Gasteiger partial charge in [-0.3, -0.25) is 4.79 Å². The van der Waals surface area contributed by atoms with Crippen LogP contribution in [0.3, 0.4) is 0 Å². The van der Waals surface area contributed by atoms with Crippen LogP contribution in [0.4, 0.5) is 5.69 Å². The summed E-state index contributed by atoms with van der Waals surface area (Å²) < 4.78 is 5.67. The van der Waals surface area contributed by atoms with Gasteiger partial charge in [0.25, 0.3) is 5.22 Å². The Balaban J connectivity index is 1.49. The van der Waals surface area contributed by atoms with Gasteiger partial charge in [-0.15, -0.1) is 10.2 Å². The van der Waals surface area contributed by atoms with E-state index in [4.69, 9.17) is 4.42 Å². The Hall–Kier alpha value is -2.60. The van der Waals surface area contributed by atoms with Crippen LogP contribution in [0.25, 0.3) is 0 Å². The second-order valence-corrected chi connectivity index (χ2v) is 7.29. The summed E-state index contributed by atoms with van der Waals surface area (Å²) in [4.78, 5) is 12.1. The van der Waals surface area contributed by atoms with Crippen molar-refractivity contribution < 1.29 is 9.21 Å². The molecule has 1 N–H and O–H groups in total. The molecule has 3 aromatic rings. The van der Waals surface area contributed by atoms with Gasteiger partial charge in [0.2, 0.25) is 11.8 Å². The van der Waals surface area contributed by atoms with E-state index in [9.17, 15) is 4.79 Å². The molecule has 140 valence electrons. The Bertz CT molecular complexity index is 880. The first-order chi connectivity index (χ1) is 13.1. The number of carbonyl (C=O) groups is 1. The zero-order valence-electron chi connectivity index (χ0n) is 15.5. The molecular formula is C21H23N3O2S. The number of anilines is 1. The maximum atomic E-state index is 12.1. The number of amides is 1. The van der Waals surface area contributed by atoms with E-state index >= 15 is 0 Å². The van der Waals surface area contributed by atoms with Gasteiger partial charge >= 0.3 is 0 Å². The fourth-order valence-electron chi connectivity index (χ4n) is 2.73. The van der Waals surface area contributed by atoms with E-state index in [1.807, 2.05) is 42.5 Å². The third kappa shape index (κ3) is 5.69. The van der Waals surface area contributed by atoms with Crippen LogP contribution in [0, 0.1) is 0 Å². The third-order valence-electron chi connectivity index (χ3n) is 4.24. The predicted octanol–water partition coefficient (Wildman–Crippen LogP) is 4.71. The Morgan fingerprint density at radius 2 is 1.96 bits per heavy atom. The van der Waals surface area contributed by atoms with Crippen molar-refractivity contribution in [3.8, 4) is 0 Å². The normalized spacial score (nSPS) is 11.9. The minimum Gasteiger partial charge on any atom is -0.416 e. The molecule has 0 saturated heterocycles.